The van der Waals surface area contributed by atoms with Crippen LogP contribution in [0.5, 0.6) is 0 Å². The molecule has 1 rings (SSSR count). The van der Waals surface area contributed by atoms with E-state index in [2.05, 4.69) is 6.58 Å². The van der Waals surface area contributed by atoms with E-state index < -0.39 is 0 Å². The van der Waals surface area contributed by atoms with Crippen molar-refractivity contribution in [2.24, 2.45) is 0 Å². The molecule has 1 saturated heterocycles. The number of carbonyl (C=O) groups excluding carboxylic acids is 1. The molecule has 0 aromatic carbocycles. The first-order valence-electron chi connectivity index (χ1n) is 3.76. The summed E-state index contributed by atoms with van der Waals surface area (Å²) in [6.45, 7) is 6.33. The molecule has 0 bridgehead atoms. The van der Waals surface area contributed by atoms with E-state index in [4.69, 9.17) is 14.2 Å². The number of carbonyl (C=O) groups is 1. The Balaban J connectivity index is 1.93. The van der Waals surface area contributed by atoms with Crippen LogP contribution in [0.2, 0.25) is 0 Å². The molecule has 0 amide bonds. The van der Waals surface area contributed by atoms with Gasteiger partial charge in [0.2, 0.25) is 0 Å². The van der Waals surface area contributed by atoms with Gasteiger partial charge < -0.3 is 14.2 Å². The van der Waals surface area contributed by atoms with Crippen molar-refractivity contribution in [2.75, 3.05) is 19.8 Å². The largest absolute Gasteiger partial charge is 0.460 e. The average Bonchev–Trinajstić information content (AvgIpc) is 2.80. The van der Waals surface area contributed by atoms with Gasteiger partial charge in [-0.2, -0.15) is 0 Å². The maximum absolute atomic E-state index is 10.8. The van der Waals surface area contributed by atoms with Crippen LogP contribution in [0.15, 0.2) is 12.2 Å². The number of esters is 1. The molecule has 0 N–H and O–H groups in total. The van der Waals surface area contributed by atoms with Crippen LogP contribution in [-0.2, 0) is 19.0 Å². The molecule has 4 nitrogen and oxygen atoms in total. The third kappa shape index (κ3) is 3.50. The minimum atomic E-state index is -0.379. The quantitative estimate of drug-likeness (QED) is 0.262. The molecule has 0 radical (unpaired) electrons. The Morgan fingerprint density at radius 1 is 1.67 bits per heavy atom. The molecular weight excluding hydrogens is 160 g/mol. The van der Waals surface area contributed by atoms with Gasteiger partial charge in [-0.25, -0.2) is 4.79 Å². The van der Waals surface area contributed by atoms with Crippen LogP contribution in [-0.4, -0.2) is 32.1 Å². The molecular formula is C8H12O4. The standard InChI is InChI=1S/C8H12O4/c1-6(2)8(9)11-4-3-10-7-5-12-7/h7H,1,3-5H2,2H3. The van der Waals surface area contributed by atoms with Gasteiger partial charge in [0.25, 0.3) is 0 Å². The number of rotatable bonds is 5. The predicted octanol–water partition coefficient (Wildman–Crippen LogP) is 0.479. The third-order valence-electron chi connectivity index (χ3n) is 1.27. The fourth-order valence-corrected chi connectivity index (χ4v) is 0.573. The number of epoxide rings is 1. The van der Waals surface area contributed by atoms with Gasteiger partial charge in [-0.05, 0) is 6.92 Å². The zero-order valence-electron chi connectivity index (χ0n) is 7.04. The van der Waals surface area contributed by atoms with E-state index in [0.717, 1.165) is 0 Å². The lowest BCUT2D eigenvalue weighted by Gasteiger charge is -2.02. The summed E-state index contributed by atoms with van der Waals surface area (Å²) in [4.78, 5) is 10.8. The van der Waals surface area contributed by atoms with Crippen molar-refractivity contribution in [3.63, 3.8) is 0 Å². The molecule has 0 aromatic heterocycles. The van der Waals surface area contributed by atoms with Crippen LogP contribution in [0.3, 0.4) is 0 Å². The molecule has 0 saturated carbocycles. The minimum Gasteiger partial charge on any atom is -0.460 e. The summed E-state index contributed by atoms with van der Waals surface area (Å²) in [6, 6.07) is 0. The van der Waals surface area contributed by atoms with E-state index in [1.165, 1.54) is 0 Å². The van der Waals surface area contributed by atoms with Gasteiger partial charge in [0, 0.05) is 5.57 Å². The zero-order chi connectivity index (χ0) is 8.97. The summed E-state index contributed by atoms with van der Waals surface area (Å²) in [5, 5.41) is 0. The highest BCUT2D eigenvalue weighted by molar-refractivity contribution is 5.86. The first-order valence-corrected chi connectivity index (χ1v) is 3.76. The number of ether oxygens (including phenoxy) is 3. The Kier molecular flexibility index (Phi) is 3.25. The summed E-state index contributed by atoms with van der Waals surface area (Å²) < 4.78 is 14.6. The Labute approximate surface area is 71.1 Å². The highest BCUT2D eigenvalue weighted by atomic mass is 16.8. The molecule has 1 atom stereocenters. The van der Waals surface area contributed by atoms with Crippen LogP contribution >= 0.6 is 0 Å². The Hall–Kier alpha value is -0.870. The second kappa shape index (κ2) is 4.23. The zero-order valence-corrected chi connectivity index (χ0v) is 7.04. The predicted molar refractivity (Wildman–Crippen MR) is 41.5 cm³/mol. The average molecular weight is 172 g/mol. The van der Waals surface area contributed by atoms with E-state index in [0.29, 0.717) is 18.8 Å². The first-order chi connectivity index (χ1) is 5.70. The normalized spacial score (nSPS) is 20.2. The molecule has 12 heavy (non-hydrogen) atoms. The molecule has 1 unspecified atom stereocenters. The van der Waals surface area contributed by atoms with Crippen molar-refractivity contribution in [1.82, 2.24) is 0 Å². The molecule has 4 heteroatoms. The second-order valence-electron chi connectivity index (χ2n) is 2.55. The number of hydrogen-bond acceptors (Lipinski definition) is 4. The third-order valence-corrected chi connectivity index (χ3v) is 1.27. The molecule has 1 aliphatic rings. The van der Waals surface area contributed by atoms with Crippen molar-refractivity contribution in [3.8, 4) is 0 Å². The molecule has 1 aliphatic heterocycles. The topological polar surface area (TPSA) is 48.1 Å². The summed E-state index contributed by atoms with van der Waals surface area (Å²) in [5.41, 5.74) is 0.401. The highest BCUT2D eigenvalue weighted by Crippen LogP contribution is 2.09. The van der Waals surface area contributed by atoms with Crippen LogP contribution in [0.1, 0.15) is 6.92 Å². The lowest BCUT2D eigenvalue weighted by Crippen LogP contribution is -2.11. The molecule has 1 heterocycles. The van der Waals surface area contributed by atoms with Gasteiger partial charge in [0.15, 0.2) is 6.29 Å². The SMILES string of the molecule is C=C(C)C(=O)OCCOC1CO1. The van der Waals surface area contributed by atoms with Crippen molar-refractivity contribution >= 4 is 5.97 Å². The summed E-state index contributed by atoms with van der Waals surface area (Å²) >= 11 is 0. The van der Waals surface area contributed by atoms with Gasteiger partial charge in [0.1, 0.15) is 13.2 Å². The number of hydrogen-bond donors (Lipinski definition) is 0. The van der Waals surface area contributed by atoms with Crippen LogP contribution in [0.4, 0.5) is 0 Å². The molecule has 0 aliphatic carbocycles. The molecule has 0 spiro atoms. The van der Waals surface area contributed by atoms with Gasteiger partial charge >= 0.3 is 5.97 Å². The fraction of sp³-hybridized carbons (Fsp3) is 0.625. The van der Waals surface area contributed by atoms with Crippen molar-refractivity contribution in [2.45, 2.75) is 13.2 Å². The maximum Gasteiger partial charge on any atom is 0.333 e. The Morgan fingerprint density at radius 2 is 2.33 bits per heavy atom. The van der Waals surface area contributed by atoms with Gasteiger partial charge in [0.05, 0.1) is 6.61 Å². The van der Waals surface area contributed by atoms with E-state index in [9.17, 15) is 4.79 Å². The smallest absolute Gasteiger partial charge is 0.333 e. The van der Waals surface area contributed by atoms with E-state index in [-0.39, 0.29) is 18.9 Å². The van der Waals surface area contributed by atoms with E-state index >= 15 is 0 Å². The summed E-state index contributed by atoms with van der Waals surface area (Å²) in [7, 11) is 0. The minimum absolute atomic E-state index is 0.0754. The van der Waals surface area contributed by atoms with E-state index in [1.54, 1.807) is 6.92 Å². The fourth-order valence-electron chi connectivity index (χ4n) is 0.573. The van der Waals surface area contributed by atoms with Crippen molar-refractivity contribution in [3.05, 3.63) is 12.2 Å². The lowest BCUT2D eigenvalue weighted by molar-refractivity contribution is -0.141. The summed E-state index contributed by atoms with van der Waals surface area (Å²) in [6.07, 6.45) is -0.0754. The van der Waals surface area contributed by atoms with Crippen molar-refractivity contribution < 1.29 is 19.0 Å². The molecule has 0 aromatic rings. The van der Waals surface area contributed by atoms with Gasteiger partial charge in [-0.15, -0.1) is 0 Å². The Bertz CT molecular complexity index is 183. The monoisotopic (exact) mass is 172 g/mol. The Morgan fingerprint density at radius 3 is 2.83 bits per heavy atom. The van der Waals surface area contributed by atoms with Crippen LogP contribution in [0.25, 0.3) is 0 Å². The maximum atomic E-state index is 10.8. The van der Waals surface area contributed by atoms with Crippen LogP contribution in [0, 0.1) is 0 Å². The van der Waals surface area contributed by atoms with E-state index in [1.807, 2.05) is 0 Å². The first kappa shape index (κ1) is 9.22. The molecule has 1 fully saturated rings. The lowest BCUT2D eigenvalue weighted by atomic mass is 10.4. The van der Waals surface area contributed by atoms with Gasteiger partial charge in [-0.3, -0.25) is 0 Å². The second-order valence-corrected chi connectivity index (χ2v) is 2.55. The van der Waals surface area contributed by atoms with Gasteiger partial charge in [-0.1, -0.05) is 6.58 Å². The van der Waals surface area contributed by atoms with Crippen molar-refractivity contribution in [1.29, 1.82) is 0 Å². The molecule has 68 valence electrons. The highest BCUT2D eigenvalue weighted by Gasteiger charge is 2.22. The van der Waals surface area contributed by atoms with Crippen LogP contribution < -0.4 is 0 Å². The summed E-state index contributed by atoms with van der Waals surface area (Å²) in [5.74, 6) is -0.379.